The Balaban J connectivity index is 2.65. The Morgan fingerprint density at radius 3 is 2.50 bits per heavy atom. The number of nitrogens with zero attached hydrogens (tertiary/aromatic N) is 1. The first-order valence-corrected chi connectivity index (χ1v) is 8.49. The molecule has 0 radical (unpaired) electrons. The van der Waals surface area contributed by atoms with Crippen LogP contribution in [-0.2, 0) is 10.0 Å². The van der Waals surface area contributed by atoms with Crippen LogP contribution < -0.4 is 4.72 Å². The molecule has 24 heavy (non-hydrogen) atoms. The lowest BCUT2D eigenvalue weighted by Gasteiger charge is -2.18. The molecular weight excluding hydrogens is 349 g/mol. The summed E-state index contributed by atoms with van der Waals surface area (Å²) in [6, 6.07) is 3.73. The van der Waals surface area contributed by atoms with E-state index in [4.69, 9.17) is 5.11 Å². The molecule has 1 rings (SSSR count). The van der Waals surface area contributed by atoms with Crippen LogP contribution in [0, 0.1) is 6.92 Å². The van der Waals surface area contributed by atoms with E-state index in [1.165, 1.54) is 26.1 Å². The van der Waals surface area contributed by atoms with Crippen LogP contribution in [0.5, 0.6) is 0 Å². The fourth-order valence-corrected chi connectivity index (χ4v) is 3.38. The van der Waals surface area contributed by atoms with E-state index in [-0.39, 0.29) is 30.0 Å². The normalized spacial score (nSPS) is 12.6. The van der Waals surface area contributed by atoms with E-state index in [0.717, 1.165) is 11.0 Å². The first kappa shape index (κ1) is 20.4. The molecule has 1 aromatic rings. The molecule has 1 aromatic carbocycles. The number of aromatic carboxylic acids is 1. The number of rotatable bonds is 8. The highest BCUT2D eigenvalue weighted by atomic mass is 32.2. The number of hydrogen-bond acceptors (Lipinski definition) is 4. The third kappa shape index (κ3) is 6.46. The standard InChI is InChI=1S/C14H19F3N2O4S/c1-10-4-5-11(13(20)21)8-12(10)24(22,23)18-6-3-7-19(2)9-14(15,16)17/h4-5,8,18H,3,6-7,9H2,1-2H3,(H,20,21). The molecule has 0 bridgehead atoms. The third-order valence-electron chi connectivity index (χ3n) is 3.18. The third-order valence-corrected chi connectivity index (χ3v) is 4.79. The number of sulfonamides is 1. The molecule has 0 aliphatic carbocycles. The highest BCUT2D eigenvalue weighted by molar-refractivity contribution is 7.89. The summed E-state index contributed by atoms with van der Waals surface area (Å²) in [6.07, 6.45) is -4.12. The maximum atomic E-state index is 12.2. The molecule has 0 heterocycles. The van der Waals surface area contributed by atoms with Gasteiger partial charge in [0, 0.05) is 6.54 Å². The van der Waals surface area contributed by atoms with Crippen LogP contribution in [0.25, 0.3) is 0 Å². The molecule has 0 aromatic heterocycles. The van der Waals surface area contributed by atoms with Crippen LogP contribution in [0.4, 0.5) is 13.2 Å². The molecule has 2 N–H and O–H groups in total. The van der Waals surface area contributed by atoms with Gasteiger partial charge in [-0.1, -0.05) is 6.07 Å². The van der Waals surface area contributed by atoms with E-state index in [2.05, 4.69) is 4.72 Å². The van der Waals surface area contributed by atoms with Gasteiger partial charge in [0.15, 0.2) is 0 Å². The topological polar surface area (TPSA) is 86.7 Å². The summed E-state index contributed by atoms with van der Waals surface area (Å²) >= 11 is 0. The molecule has 0 saturated carbocycles. The van der Waals surface area contributed by atoms with Crippen molar-refractivity contribution in [2.75, 3.05) is 26.7 Å². The minimum atomic E-state index is -4.30. The zero-order valence-electron chi connectivity index (χ0n) is 13.2. The molecule has 0 aliphatic heterocycles. The SMILES string of the molecule is Cc1ccc(C(=O)O)cc1S(=O)(=O)NCCCN(C)CC(F)(F)F. The second kappa shape index (κ2) is 7.95. The van der Waals surface area contributed by atoms with Crippen LogP contribution in [0.1, 0.15) is 22.3 Å². The lowest BCUT2D eigenvalue weighted by atomic mass is 10.1. The number of nitrogens with one attached hydrogen (secondary N) is 1. The Morgan fingerprint density at radius 2 is 1.96 bits per heavy atom. The van der Waals surface area contributed by atoms with Crippen molar-refractivity contribution in [2.24, 2.45) is 0 Å². The average molecular weight is 368 g/mol. The Hall–Kier alpha value is -1.65. The van der Waals surface area contributed by atoms with Gasteiger partial charge in [-0.05, 0) is 44.6 Å². The van der Waals surface area contributed by atoms with Gasteiger partial charge < -0.3 is 5.11 Å². The van der Waals surface area contributed by atoms with Crippen molar-refractivity contribution in [3.8, 4) is 0 Å². The molecule has 0 unspecified atom stereocenters. The Labute approximate surface area is 138 Å². The first-order chi connectivity index (χ1) is 10.9. The number of carboxylic acids is 1. The van der Waals surface area contributed by atoms with Crippen molar-refractivity contribution in [1.82, 2.24) is 9.62 Å². The Bertz CT molecular complexity index is 690. The van der Waals surface area contributed by atoms with Gasteiger partial charge in [0.1, 0.15) is 0 Å². The highest BCUT2D eigenvalue weighted by Gasteiger charge is 2.28. The van der Waals surface area contributed by atoms with E-state index < -0.39 is 28.7 Å². The highest BCUT2D eigenvalue weighted by Crippen LogP contribution is 2.17. The van der Waals surface area contributed by atoms with E-state index in [1.807, 2.05) is 0 Å². The van der Waals surface area contributed by atoms with Crippen LogP contribution in [0.2, 0.25) is 0 Å². The van der Waals surface area contributed by atoms with Gasteiger partial charge >= 0.3 is 12.1 Å². The monoisotopic (exact) mass is 368 g/mol. The maximum absolute atomic E-state index is 12.2. The number of hydrogen-bond donors (Lipinski definition) is 2. The molecule has 10 heteroatoms. The maximum Gasteiger partial charge on any atom is 0.401 e. The minimum absolute atomic E-state index is 0.0543. The minimum Gasteiger partial charge on any atom is -0.478 e. The lowest BCUT2D eigenvalue weighted by molar-refractivity contribution is -0.143. The zero-order valence-corrected chi connectivity index (χ0v) is 14.0. The van der Waals surface area contributed by atoms with Gasteiger partial charge in [0.25, 0.3) is 0 Å². The van der Waals surface area contributed by atoms with Crippen molar-refractivity contribution >= 4 is 16.0 Å². The lowest BCUT2D eigenvalue weighted by Crippen LogP contribution is -2.34. The predicted molar refractivity (Wildman–Crippen MR) is 81.5 cm³/mol. The molecule has 0 atom stereocenters. The van der Waals surface area contributed by atoms with Crippen molar-refractivity contribution < 1.29 is 31.5 Å². The Kier molecular flexibility index (Phi) is 6.76. The second-order valence-corrected chi connectivity index (χ2v) is 7.13. The molecule has 0 aliphatic rings. The summed E-state index contributed by atoms with van der Waals surface area (Å²) in [5, 5.41) is 8.92. The molecule has 136 valence electrons. The van der Waals surface area contributed by atoms with E-state index >= 15 is 0 Å². The number of alkyl halides is 3. The van der Waals surface area contributed by atoms with E-state index in [0.29, 0.717) is 5.56 Å². The van der Waals surface area contributed by atoms with Crippen LogP contribution >= 0.6 is 0 Å². The van der Waals surface area contributed by atoms with E-state index in [1.54, 1.807) is 0 Å². The van der Waals surface area contributed by atoms with E-state index in [9.17, 15) is 26.4 Å². The molecular formula is C14H19F3N2O4S. The molecule has 6 nitrogen and oxygen atoms in total. The molecule has 0 spiro atoms. The van der Waals surface area contributed by atoms with Gasteiger partial charge in [0.05, 0.1) is 17.0 Å². The average Bonchev–Trinajstić information content (AvgIpc) is 2.41. The summed E-state index contributed by atoms with van der Waals surface area (Å²) < 4.78 is 63.2. The number of aryl methyl sites for hydroxylation is 1. The van der Waals surface area contributed by atoms with Crippen molar-refractivity contribution in [3.05, 3.63) is 29.3 Å². The number of benzene rings is 1. The largest absolute Gasteiger partial charge is 0.478 e. The smallest absolute Gasteiger partial charge is 0.401 e. The summed E-state index contributed by atoms with van der Waals surface area (Å²) in [4.78, 5) is 11.8. The van der Waals surface area contributed by atoms with Gasteiger partial charge in [-0.2, -0.15) is 13.2 Å². The Morgan fingerprint density at radius 1 is 1.33 bits per heavy atom. The molecule has 0 amide bonds. The van der Waals surface area contributed by atoms with Gasteiger partial charge in [0.2, 0.25) is 10.0 Å². The van der Waals surface area contributed by atoms with Crippen LogP contribution in [0.3, 0.4) is 0 Å². The van der Waals surface area contributed by atoms with Gasteiger partial charge in [-0.15, -0.1) is 0 Å². The summed E-state index contributed by atoms with van der Waals surface area (Å²) in [5.74, 6) is -1.25. The van der Waals surface area contributed by atoms with Crippen molar-refractivity contribution in [1.29, 1.82) is 0 Å². The number of carbonyl (C=O) groups is 1. The predicted octanol–water partition coefficient (Wildman–Crippen LogP) is 1.86. The molecule has 0 fully saturated rings. The summed E-state index contributed by atoms with van der Waals surface area (Å²) in [6.45, 7) is 0.467. The second-order valence-electron chi connectivity index (χ2n) is 5.39. The van der Waals surface area contributed by atoms with Crippen LogP contribution in [0.15, 0.2) is 23.1 Å². The fourth-order valence-electron chi connectivity index (χ4n) is 2.04. The number of halogens is 3. The summed E-state index contributed by atoms with van der Waals surface area (Å²) in [7, 11) is -2.64. The van der Waals surface area contributed by atoms with Crippen molar-refractivity contribution in [3.63, 3.8) is 0 Å². The quantitative estimate of drug-likeness (QED) is 0.684. The number of carboxylic acid groups (broad SMARTS) is 1. The van der Waals surface area contributed by atoms with Crippen LogP contribution in [-0.4, -0.2) is 57.3 Å². The van der Waals surface area contributed by atoms with Gasteiger partial charge in [-0.25, -0.2) is 17.9 Å². The summed E-state index contributed by atoms with van der Waals surface area (Å²) in [5.41, 5.74) is 0.215. The fraction of sp³-hybridized carbons (Fsp3) is 0.500. The molecule has 0 saturated heterocycles. The zero-order chi connectivity index (χ0) is 18.5. The van der Waals surface area contributed by atoms with Gasteiger partial charge in [-0.3, -0.25) is 4.90 Å². The van der Waals surface area contributed by atoms with Crippen molar-refractivity contribution in [2.45, 2.75) is 24.4 Å². The first-order valence-electron chi connectivity index (χ1n) is 7.01.